The summed E-state index contributed by atoms with van der Waals surface area (Å²) >= 11 is 0. The maximum absolute atomic E-state index is 9.73. The summed E-state index contributed by atoms with van der Waals surface area (Å²) in [5.74, 6) is 0.842. The average molecular weight is 1030 g/mol. The number of ether oxygens (including phenoxy) is 1. The van der Waals surface area contributed by atoms with E-state index in [0.29, 0.717) is 0 Å². The summed E-state index contributed by atoms with van der Waals surface area (Å²) in [4.78, 5) is 0. The van der Waals surface area contributed by atoms with Gasteiger partial charge < -0.3 is 14.9 Å². The van der Waals surface area contributed by atoms with Crippen LogP contribution in [-0.4, -0.2) is 17.3 Å². The van der Waals surface area contributed by atoms with Crippen molar-refractivity contribution in [3.63, 3.8) is 0 Å². The maximum atomic E-state index is 9.73. The Labute approximate surface area is 468 Å². The highest BCUT2D eigenvalue weighted by atomic mass is 16.5. The van der Waals surface area contributed by atoms with Gasteiger partial charge in [0.25, 0.3) is 0 Å². The minimum atomic E-state index is -0.693. The van der Waals surface area contributed by atoms with Gasteiger partial charge in [-0.3, -0.25) is 0 Å². The fourth-order valence-corrected chi connectivity index (χ4v) is 12.5. The lowest BCUT2D eigenvalue weighted by Gasteiger charge is -2.32. The molecule has 0 aliphatic heterocycles. The van der Waals surface area contributed by atoms with E-state index in [1.54, 1.807) is 7.11 Å². The van der Waals surface area contributed by atoms with Gasteiger partial charge in [-0.25, -0.2) is 0 Å². The van der Waals surface area contributed by atoms with Gasteiger partial charge >= 0.3 is 0 Å². The predicted molar refractivity (Wildman–Crippen MR) is 329 cm³/mol. The number of hydrogen-bond donors (Lipinski definition) is 2. The molecule has 0 radical (unpaired) electrons. The molecule has 0 bridgehead atoms. The summed E-state index contributed by atoms with van der Waals surface area (Å²) in [5, 5.41) is 19.5. The van der Waals surface area contributed by atoms with Crippen molar-refractivity contribution in [3.05, 3.63) is 306 Å². The zero-order chi connectivity index (χ0) is 53.9. The first-order valence-electron chi connectivity index (χ1n) is 27.5. The van der Waals surface area contributed by atoms with Crippen LogP contribution in [0.3, 0.4) is 0 Å². The molecule has 0 saturated carbocycles. The molecule has 12 aromatic carbocycles. The number of aliphatic hydroxyl groups excluding tert-OH is 2. The number of hydrogen-bond acceptors (Lipinski definition) is 3. The fourth-order valence-electron chi connectivity index (χ4n) is 12.5. The summed E-state index contributed by atoms with van der Waals surface area (Å²) in [6, 6.07) is 97.9. The van der Waals surface area contributed by atoms with Crippen molar-refractivity contribution in [2.24, 2.45) is 0 Å². The molecule has 0 fully saturated rings. The Hall–Kier alpha value is -9.64. The predicted octanol–water partition coefficient (Wildman–Crippen LogP) is 18.7. The van der Waals surface area contributed by atoms with Gasteiger partial charge in [0.1, 0.15) is 5.75 Å². The number of fused-ring (bicyclic) bond motifs is 10. The third-order valence-electron chi connectivity index (χ3n) is 16.9. The molecule has 3 nitrogen and oxygen atoms in total. The fraction of sp³-hybridized carbons (Fsp3) is 0.0649. The van der Waals surface area contributed by atoms with E-state index in [1.165, 1.54) is 72.3 Å². The van der Waals surface area contributed by atoms with E-state index in [9.17, 15) is 10.2 Å². The van der Waals surface area contributed by atoms with Crippen molar-refractivity contribution >= 4 is 0 Å². The van der Waals surface area contributed by atoms with Crippen LogP contribution in [-0.2, 0) is 18.6 Å². The molecule has 0 amide bonds. The average Bonchev–Trinajstić information content (AvgIpc) is 3.87. The standard InChI is InChI=1S/C77H56O3/c1-49-3-9-52(10-4-49)55-15-23-60(24-16-55)64-33-39-69-70-40-34-65(61-25-17-56(18-26-61)53-11-5-50(47-78)6-12-53)44-74(70)77(73(69)43-64)75-45-66(62-27-19-57(20-28-62)54-13-7-51(48-79)8-14-54)35-41-71(75)72-42-36-67(46-76(72)77)63-29-21-58(22-30-63)59-31-37-68(80-2)38-32-59/h3-46,78-79H,47-48H2,1-2H3. The van der Waals surface area contributed by atoms with Gasteiger partial charge in [0.05, 0.1) is 25.7 Å². The second-order valence-electron chi connectivity index (χ2n) is 21.4. The largest absolute Gasteiger partial charge is 0.497 e. The van der Waals surface area contributed by atoms with E-state index < -0.39 is 5.41 Å². The number of rotatable bonds is 11. The van der Waals surface area contributed by atoms with Crippen molar-refractivity contribution in [3.8, 4) is 117 Å². The molecule has 2 N–H and O–H groups in total. The van der Waals surface area contributed by atoms with Crippen molar-refractivity contribution < 1.29 is 14.9 Å². The van der Waals surface area contributed by atoms with Gasteiger partial charge in [-0.05, 0) is 188 Å². The Morgan fingerprint density at radius 1 is 0.263 bits per heavy atom. The van der Waals surface area contributed by atoms with E-state index in [1.807, 2.05) is 36.4 Å². The van der Waals surface area contributed by atoms with E-state index in [0.717, 1.165) is 83.6 Å². The van der Waals surface area contributed by atoms with Crippen molar-refractivity contribution in [1.82, 2.24) is 0 Å². The third kappa shape index (κ3) is 8.38. The second kappa shape index (κ2) is 20.0. The van der Waals surface area contributed by atoms with Crippen LogP contribution < -0.4 is 4.74 Å². The van der Waals surface area contributed by atoms with Crippen LogP contribution in [0.5, 0.6) is 5.75 Å². The normalized spacial score (nSPS) is 13.7. The molecule has 0 saturated heterocycles. The van der Waals surface area contributed by atoms with Crippen LogP contribution in [0.25, 0.3) is 111 Å². The van der Waals surface area contributed by atoms with Gasteiger partial charge in [-0.2, -0.15) is 0 Å². The van der Waals surface area contributed by atoms with Crippen LogP contribution in [0.2, 0.25) is 0 Å². The van der Waals surface area contributed by atoms with Crippen molar-refractivity contribution in [1.29, 1.82) is 0 Å². The van der Waals surface area contributed by atoms with Gasteiger partial charge in [-0.15, -0.1) is 0 Å². The number of aryl methyl sites for hydroxylation is 1. The monoisotopic (exact) mass is 1030 g/mol. The van der Waals surface area contributed by atoms with Crippen LogP contribution in [0, 0.1) is 6.92 Å². The molecule has 3 heteroatoms. The summed E-state index contributed by atoms with van der Waals surface area (Å²) in [6.45, 7) is 2.18. The number of benzene rings is 12. The van der Waals surface area contributed by atoms with E-state index >= 15 is 0 Å². The molecular formula is C77H56O3. The van der Waals surface area contributed by atoms with Crippen LogP contribution in [0.4, 0.5) is 0 Å². The highest BCUT2D eigenvalue weighted by Crippen LogP contribution is 2.64. The van der Waals surface area contributed by atoms with Crippen LogP contribution in [0.15, 0.2) is 267 Å². The Morgan fingerprint density at radius 2 is 0.463 bits per heavy atom. The zero-order valence-corrected chi connectivity index (χ0v) is 44.6. The first kappa shape index (κ1) is 48.7. The lowest BCUT2D eigenvalue weighted by atomic mass is 9.69. The molecule has 1 atom stereocenters. The molecular weight excluding hydrogens is 973 g/mol. The van der Waals surface area contributed by atoms with Gasteiger partial charge in [0, 0.05) is 0 Å². The van der Waals surface area contributed by atoms with Crippen molar-refractivity contribution in [2.75, 3.05) is 7.11 Å². The quantitative estimate of drug-likeness (QED) is 0.136. The molecule has 2 aliphatic rings. The Morgan fingerprint density at radius 3 is 0.700 bits per heavy atom. The van der Waals surface area contributed by atoms with Crippen LogP contribution >= 0.6 is 0 Å². The maximum Gasteiger partial charge on any atom is 0.118 e. The molecule has 1 spiro atoms. The third-order valence-corrected chi connectivity index (χ3v) is 16.9. The second-order valence-corrected chi connectivity index (χ2v) is 21.4. The van der Waals surface area contributed by atoms with Gasteiger partial charge in [0.2, 0.25) is 0 Å². The zero-order valence-electron chi connectivity index (χ0n) is 44.6. The minimum Gasteiger partial charge on any atom is -0.497 e. The Kier molecular flexibility index (Phi) is 12.2. The molecule has 0 heterocycles. The molecule has 14 rings (SSSR count). The smallest absolute Gasteiger partial charge is 0.118 e. The topological polar surface area (TPSA) is 49.7 Å². The van der Waals surface area contributed by atoms with Gasteiger partial charge in [0.15, 0.2) is 0 Å². The summed E-state index contributed by atoms with van der Waals surface area (Å²) < 4.78 is 5.47. The molecule has 80 heavy (non-hydrogen) atoms. The molecule has 12 aromatic rings. The first-order valence-corrected chi connectivity index (χ1v) is 27.5. The molecule has 1 unspecified atom stereocenters. The number of methoxy groups -OCH3 is 1. The van der Waals surface area contributed by atoms with E-state index in [4.69, 9.17) is 4.74 Å². The molecule has 382 valence electrons. The molecule has 0 aromatic heterocycles. The van der Waals surface area contributed by atoms with E-state index in [-0.39, 0.29) is 13.2 Å². The highest BCUT2D eigenvalue weighted by molar-refractivity contribution is 5.99. The Balaban J connectivity index is 0.960. The SMILES string of the molecule is COc1ccc(-c2ccc(-c3ccc4c(c3)C3(c5cc(-c6ccc(-c7ccc(C)cc7)cc6)ccc5-c5ccc(-c6ccc(-c7ccc(CO)cc7)cc6)cc53)c3cc(-c5ccc(-c6ccc(CO)cc6)cc5)ccc3-4)cc2)cc1. The lowest BCUT2D eigenvalue weighted by Crippen LogP contribution is -2.26. The molecule has 2 aliphatic carbocycles. The summed E-state index contributed by atoms with van der Waals surface area (Å²) in [6.07, 6.45) is 0. The summed E-state index contributed by atoms with van der Waals surface area (Å²) in [7, 11) is 1.70. The van der Waals surface area contributed by atoms with Crippen LogP contribution in [0.1, 0.15) is 38.9 Å². The van der Waals surface area contributed by atoms with Gasteiger partial charge in [-0.1, -0.05) is 236 Å². The van der Waals surface area contributed by atoms with E-state index in [2.05, 4.69) is 237 Å². The first-order chi connectivity index (χ1) is 39.3. The number of aliphatic hydroxyl groups is 2. The van der Waals surface area contributed by atoms with Crippen molar-refractivity contribution in [2.45, 2.75) is 25.6 Å². The minimum absolute atomic E-state index is 0.0254. The highest BCUT2D eigenvalue weighted by Gasteiger charge is 2.52. The Bertz CT molecular complexity index is 3980. The lowest BCUT2D eigenvalue weighted by molar-refractivity contribution is 0.281. The summed E-state index contributed by atoms with van der Waals surface area (Å²) in [5.41, 5.74) is 30.9.